The van der Waals surface area contributed by atoms with Crippen LogP contribution in [-0.4, -0.2) is 34.9 Å². The quantitative estimate of drug-likeness (QED) is 0.617. The highest BCUT2D eigenvalue weighted by molar-refractivity contribution is 4.93. The lowest BCUT2D eigenvalue weighted by Gasteiger charge is -2.31. The highest BCUT2D eigenvalue weighted by atomic mass is 16.6. The predicted molar refractivity (Wildman–Crippen MR) is 86.0 cm³/mol. The minimum absolute atomic E-state index is 0.0683. The predicted octanol–water partition coefficient (Wildman–Crippen LogP) is 3.35. The van der Waals surface area contributed by atoms with E-state index in [1.165, 1.54) is 0 Å². The number of allylic oxidation sites excluding steroid dienone is 1. The van der Waals surface area contributed by atoms with Crippen molar-refractivity contribution in [3.8, 4) is 0 Å². The Morgan fingerprint density at radius 3 is 2.33 bits per heavy atom. The van der Waals surface area contributed by atoms with Crippen LogP contribution >= 0.6 is 0 Å². The van der Waals surface area contributed by atoms with Gasteiger partial charge in [0.15, 0.2) is 0 Å². The minimum atomic E-state index is -0.943. The molecule has 0 saturated heterocycles. The summed E-state index contributed by atoms with van der Waals surface area (Å²) in [6, 6.07) is 0. The zero-order valence-electron chi connectivity index (χ0n) is 14.5. The summed E-state index contributed by atoms with van der Waals surface area (Å²) in [7, 11) is 0. The van der Waals surface area contributed by atoms with Crippen molar-refractivity contribution in [1.82, 2.24) is 5.32 Å². The van der Waals surface area contributed by atoms with Gasteiger partial charge in [-0.05, 0) is 67.2 Å². The average molecular weight is 299 g/mol. The van der Waals surface area contributed by atoms with Crippen LogP contribution in [0.2, 0.25) is 0 Å². The molecule has 0 heterocycles. The van der Waals surface area contributed by atoms with Gasteiger partial charge in [0.1, 0.15) is 0 Å². The molecule has 0 aromatic carbocycles. The summed E-state index contributed by atoms with van der Waals surface area (Å²) in [6.07, 6.45) is 7.28. The van der Waals surface area contributed by atoms with Gasteiger partial charge < -0.3 is 14.6 Å². The van der Waals surface area contributed by atoms with E-state index >= 15 is 0 Å². The molecule has 3 atom stereocenters. The van der Waals surface area contributed by atoms with E-state index in [2.05, 4.69) is 38.2 Å². The second-order valence-corrected chi connectivity index (χ2v) is 7.86. The first kappa shape index (κ1) is 18.6. The van der Waals surface area contributed by atoms with Crippen LogP contribution in [0.3, 0.4) is 0 Å². The maximum absolute atomic E-state index is 9.95. The number of aliphatic hydroxyl groups excluding tert-OH is 1. The highest BCUT2D eigenvalue weighted by Crippen LogP contribution is 2.22. The lowest BCUT2D eigenvalue weighted by atomic mass is 10.0. The third-order valence-corrected chi connectivity index (χ3v) is 3.16. The fourth-order valence-corrected chi connectivity index (χ4v) is 2.42. The van der Waals surface area contributed by atoms with E-state index in [9.17, 15) is 5.11 Å². The number of aliphatic hydroxyl groups is 1. The molecule has 1 aliphatic carbocycles. The summed E-state index contributed by atoms with van der Waals surface area (Å²) in [4.78, 5) is 0. The fraction of sp³-hybridized carbons (Fsp3) is 0.882. The van der Waals surface area contributed by atoms with Gasteiger partial charge in [-0.3, -0.25) is 5.32 Å². The van der Waals surface area contributed by atoms with Crippen molar-refractivity contribution >= 4 is 0 Å². The van der Waals surface area contributed by atoms with Crippen molar-refractivity contribution in [3.05, 3.63) is 12.2 Å². The molecule has 1 rings (SSSR count). The summed E-state index contributed by atoms with van der Waals surface area (Å²) in [6.45, 7) is 12.3. The van der Waals surface area contributed by atoms with Crippen molar-refractivity contribution in [1.29, 1.82) is 0 Å². The third kappa shape index (κ3) is 9.25. The van der Waals surface area contributed by atoms with E-state index in [0.29, 0.717) is 0 Å². The van der Waals surface area contributed by atoms with Gasteiger partial charge in [0, 0.05) is 5.54 Å². The first-order valence-corrected chi connectivity index (χ1v) is 8.01. The fourth-order valence-electron chi connectivity index (χ4n) is 2.42. The number of hydrogen-bond donors (Lipinski definition) is 2. The zero-order chi connectivity index (χ0) is 16.1. The Labute approximate surface area is 129 Å². The van der Waals surface area contributed by atoms with Crippen LogP contribution in [0.25, 0.3) is 0 Å². The molecule has 4 nitrogen and oxygen atoms in total. The van der Waals surface area contributed by atoms with Crippen LogP contribution in [0.1, 0.15) is 67.2 Å². The normalized spacial score (nSPS) is 27.8. The van der Waals surface area contributed by atoms with Gasteiger partial charge in [-0.25, -0.2) is 0 Å². The smallest absolute Gasteiger partial charge is 0.214 e. The van der Waals surface area contributed by atoms with Crippen LogP contribution in [0, 0.1) is 0 Å². The number of rotatable bonds is 4. The average Bonchev–Trinajstić information content (AvgIpc) is 2.22. The molecule has 4 heteroatoms. The molecule has 0 saturated carbocycles. The summed E-state index contributed by atoms with van der Waals surface area (Å²) in [5.41, 5.74) is -0.292. The van der Waals surface area contributed by atoms with Crippen LogP contribution in [0.15, 0.2) is 12.2 Å². The molecule has 1 aliphatic rings. The molecule has 0 radical (unpaired) electrons. The van der Waals surface area contributed by atoms with Gasteiger partial charge in [-0.2, -0.15) is 0 Å². The summed E-state index contributed by atoms with van der Waals surface area (Å²) in [5, 5.41) is 13.0. The molecule has 124 valence electrons. The monoisotopic (exact) mass is 299 g/mol. The SMILES string of the molecule is CC(C)(C)NC(O)OC1/C=C/CCC(OC(C)(C)C)CC1. The van der Waals surface area contributed by atoms with Crippen molar-refractivity contribution < 1.29 is 14.6 Å². The summed E-state index contributed by atoms with van der Waals surface area (Å²) in [5.74, 6) is 0. The molecule has 0 aromatic heterocycles. The molecule has 3 unspecified atom stereocenters. The largest absolute Gasteiger partial charge is 0.373 e. The van der Waals surface area contributed by atoms with Gasteiger partial charge in [-0.1, -0.05) is 12.2 Å². The van der Waals surface area contributed by atoms with Crippen molar-refractivity contribution in [2.45, 2.75) is 97.0 Å². The summed E-state index contributed by atoms with van der Waals surface area (Å²) >= 11 is 0. The van der Waals surface area contributed by atoms with Crippen molar-refractivity contribution in [2.24, 2.45) is 0 Å². The van der Waals surface area contributed by atoms with E-state index in [0.717, 1.165) is 25.7 Å². The molecule has 0 bridgehead atoms. The number of hydrogen-bond acceptors (Lipinski definition) is 4. The molecule has 0 spiro atoms. The molecule has 0 aliphatic heterocycles. The Balaban J connectivity index is 2.48. The van der Waals surface area contributed by atoms with E-state index < -0.39 is 6.41 Å². The van der Waals surface area contributed by atoms with Gasteiger partial charge in [0.25, 0.3) is 0 Å². The topological polar surface area (TPSA) is 50.7 Å². The second-order valence-electron chi connectivity index (χ2n) is 7.86. The second kappa shape index (κ2) is 7.73. The van der Waals surface area contributed by atoms with Gasteiger partial charge >= 0.3 is 0 Å². The van der Waals surface area contributed by atoms with Crippen LogP contribution < -0.4 is 5.32 Å². The molecule has 0 amide bonds. The van der Waals surface area contributed by atoms with Crippen LogP contribution in [0.5, 0.6) is 0 Å². The summed E-state index contributed by atoms with van der Waals surface area (Å²) < 4.78 is 11.8. The Kier molecular flexibility index (Phi) is 6.85. The van der Waals surface area contributed by atoms with Crippen molar-refractivity contribution in [3.63, 3.8) is 0 Å². The first-order chi connectivity index (χ1) is 9.55. The van der Waals surface area contributed by atoms with E-state index in [1.807, 2.05) is 20.8 Å². The maximum Gasteiger partial charge on any atom is 0.214 e. The van der Waals surface area contributed by atoms with E-state index in [4.69, 9.17) is 9.47 Å². The van der Waals surface area contributed by atoms with Crippen LogP contribution in [-0.2, 0) is 9.47 Å². The molecule has 0 fully saturated rings. The number of nitrogens with one attached hydrogen (secondary N) is 1. The van der Waals surface area contributed by atoms with E-state index in [1.54, 1.807) is 0 Å². The Morgan fingerprint density at radius 2 is 1.76 bits per heavy atom. The zero-order valence-corrected chi connectivity index (χ0v) is 14.5. The lowest BCUT2D eigenvalue weighted by molar-refractivity contribution is -0.156. The molecule has 2 N–H and O–H groups in total. The standard InChI is InChI=1S/C17H33NO3/c1-16(2,3)18-15(19)20-13-9-7-8-10-14(12-11-13)21-17(4,5)6/h7,9,13-15,18-19H,8,10-12H2,1-6H3/b9-7+. The van der Waals surface area contributed by atoms with Crippen LogP contribution in [0.4, 0.5) is 0 Å². The van der Waals surface area contributed by atoms with Crippen molar-refractivity contribution in [2.75, 3.05) is 0 Å². The number of ether oxygens (including phenoxy) is 2. The van der Waals surface area contributed by atoms with Gasteiger partial charge in [0.05, 0.1) is 17.8 Å². The van der Waals surface area contributed by atoms with Gasteiger partial charge in [-0.15, -0.1) is 0 Å². The lowest BCUT2D eigenvalue weighted by Crippen LogP contribution is -2.46. The minimum Gasteiger partial charge on any atom is -0.373 e. The van der Waals surface area contributed by atoms with Gasteiger partial charge in [0.2, 0.25) is 6.41 Å². The van der Waals surface area contributed by atoms with E-state index in [-0.39, 0.29) is 23.3 Å². The third-order valence-electron chi connectivity index (χ3n) is 3.16. The maximum atomic E-state index is 9.95. The highest BCUT2D eigenvalue weighted by Gasteiger charge is 2.23. The molecular weight excluding hydrogens is 266 g/mol. The Bertz CT molecular complexity index is 328. The Hall–Kier alpha value is -0.420. The Morgan fingerprint density at radius 1 is 1.10 bits per heavy atom. The molecule has 0 aromatic rings. The molecular formula is C17H33NO3. The molecule has 21 heavy (non-hydrogen) atoms. The first-order valence-electron chi connectivity index (χ1n) is 8.01.